The summed E-state index contributed by atoms with van der Waals surface area (Å²) < 4.78 is 15.8. The van der Waals surface area contributed by atoms with Crippen LogP contribution in [0.1, 0.15) is 23.6 Å². The van der Waals surface area contributed by atoms with E-state index in [-0.39, 0.29) is 18.9 Å². The molecule has 0 fully saturated rings. The largest absolute Gasteiger partial charge is 0.550 e. The molecule has 1 atom stereocenters. The van der Waals surface area contributed by atoms with E-state index in [4.69, 9.17) is 25.8 Å². The van der Waals surface area contributed by atoms with Crippen LogP contribution in [0.25, 0.3) is 0 Å². The lowest BCUT2D eigenvalue weighted by Gasteiger charge is -2.37. The lowest BCUT2D eigenvalue weighted by molar-refractivity contribution is -0.307. The van der Waals surface area contributed by atoms with E-state index in [1.165, 1.54) is 14.2 Å². The summed E-state index contributed by atoms with van der Waals surface area (Å²) in [6.07, 6.45) is 0.394. The smallest absolute Gasteiger partial charge is 0.238 e. The fraction of sp³-hybridized carbons (Fsp3) is 0.364. The summed E-state index contributed by atoms with van der Waals surface area (Å²) in [5.74, 6) is 0.110. The molecular formula is C22H24ClN2O6-. The Hall–Kier alpha value is -2.97. The van der Waals surface area contributed by atoms with Gasteiger partial charge in [-0.25, -0.2) is 0 Å². The zero-order valence-corrected chi connectivity index (χ0v) is 18.3. The molecule has 1 N–H and O–H groups in total. The van der Waals surface area contributed by atoms with Crippen LogP contribution in [0, 0.1) is 0 Å². The quantitative estimate of drug-likeness (QED) is 0.660. The molecular weight excluding hydrogens is 424 g/mol. The van der Waals surface area contributed by atoms with E-state index in [0.717, 1.165) is 11.1 Å². The number of carboxylic acid groups (broad SMARTS) is 1. The average molecular weight is 448 g/mol. The normalized spacial score (nSPS) is 15.7. The monoisotopic (exact) mass is 447 g/mol. The summed E-state index contributed by atoms with van der Waals surface area (Å²) in [6.45, 7) is 0.520. The van der Waals surface area contributed by atoms with Crippen molar-refractivity contribution in [1.82, 2.24) is 4.90 Å². The summed E-state index contributed by atoms with van der Waals surface area (Å²) in [5.41, 5.74) is 2.27. The van der Waals surface area contributed by atoms with Crippen LogP contribution in [0.2, 0.25) is 5.02 Å². The summed E-state index contributed by atoms with van der Waals surface area (Å²) in [6, 6.07) is 8.04. The van der Waals surface area contributed by atoms with Gasteiger partial charge in [0.2, 0.25) is 5.91 Å². The SMILES string of the molecule is COc1ccc(NC(=O)CN2CCc3cc(OC)c(OC)cc3C2CC(=O)[O-])cc1Cl. The third-order valence-corrected chi connectivity index (χ3v) is 5.55. The van der Waals surface area contributed by atoms with Crippen molar-refractivity contribution in [2.24, 2.45) is 0 Å². The Balaban J connectivity index is 1.81. The predicted octanol–water partition coefficient (Wildman–Crippen LogP) is 2.04. The minimum absolute atomic E-state index is 0.00931. The Morgan fingerprint density at radius 3 is 2.39 bits per heavy atom. The molecule has 1 aliphatic rings. The molecule has 0 saturated carbocycles. The second-order valence-electron chi connectivity index (χ2n) is 7.12. The van der Waals surface area contributed by atoms with Gasteiger partial charge in [0, 0.05) is 30.7 Å². The third kappa shape index (κ3) is 5.21. The number of anilines is 1. The molecule has 9 heteroatoms. The molecule has 2 aromatic carbocycles. The summed E-state index contributed by atoms with van der Waals surface area (Å²) in [5, 5.41) is 14.6. The topological polar surface area (TPSA) is 100 Å². The van der Waals surface area contributed by atoms with Crippen LogP contribution >= 0.6 is 11.6 Å². The number of carboxylic acids is 1. The van der Waals surface area contributed by atoms with Crippen molar-refractivity contribution in [2.75, 3.05) is 39.7 Å². The molecule has 31 heavy (non-hydrogen) atoms. The third-order valence-electron chi connectivity index (χ3n) is 5.26. The molecule has 166 valence electrons. The minimum atomic E-state index is -1.19. The molecule has 1 unspecified atom stereocenters. The van der Waals surface area contributed by atoms with Crippen molar-refractivity contribution in [3.8, 4) is 17.2 Å². The van der Waals surface area contributed by atoms with E-state index < -0.39 is 12.0 Å². The standard InChI is InChI=1S/C22H25ClN2O6/c1-29-18-5-4-14(9-16(18)23)24-21(26)12-25-7-6-13-8-19(30-2)20(31-3)10-15(13)17(25)11-22(27)28/h4-5,8-10,17H,6-7,11-12H2,1-3H3,(H,24,26)(H,27,28)/p-1. The maximum absolute atomic E-state index is 12.7. The number of fused-ring (bicyclic) bond motifs is 1. The minimum Gasteiger partial charge on any atom is -0.550 e. The first kappa shape index (κ1) is 22.7. The van der Waals surface area contributed by atoms with Crippen molar-refractivity contribution < 1.29 is 28.9 Å². The number of ether oxygens (including phenoxy) is 3. The lowest BCUT2D eigenvalue weighted by atomic mass is 9.90. The van der Waals surface area contributed by atoms with Gasteiger partial charge >= 0.3 is 0 Å². The van der Waals surface area contributed by atoms with Gasteiger partial charge in [0.25, 0.3) is 0 Å². The number of carbonyl (C=O) groups is 2. The van der Waals surface area contributed by atoms with Crippen molar-refractivity contribution in [2.45, 2.75) is 18.9 Å². The van der Waals surface area contributed by atoms with Crippen LogP contribution in [-0.2, 0) is 16.0 Å². The van der Waals surface area contributed by atoms with E-state index in [9.17, 15) is 14.7 Å². The maximum atomic E-state index is 12.7. The zero-order valence-electron chi connectivity index (χ0n) is 17.6. The number of rotatable bonds is 8. The molecule has 0 radical (unpaired) electrons. The molecule has 0 aromatic heterocycles. The van der Waals surface area contributed by atoms with Gasteiger partial charge in [-0.05, 0) is 47.9 Å². The highest BCUT2D eigenvalue weighted by Gasteiger charge is 2.30. The first-order valence-corrected chi connectivity index (χ1v) is 10.1. The van der Waals surface area contributed by atoms with Gasteiger partial charge < -0.3 is 29.4 Å². The number of aliphatic carboxylic acids is 1. The number of halogens is 1. The van der Waals surface area contributed by atoms with Gasteiger partial charge in [0.15, 0.2) is 11.5 Å². The second kappa shape index (κ2) is 9.89. The molecule has 1 heterocycles. The number of carbonyl (C=O) groups excluding carboxylic acids is 2. The Bertz CT molecular complexity index is 981. The van der Waals surface area contributed by atoms with Gasteiger partial charge in [-0.3, -0.25) is 9.69 Å². The highest BCUT2D eigenvalue weighted by Crippen LogP contribution is 2.39. The number of hydrogen-bond acceptors (Lipinski definition) is 7. The van der Waals surface area contributed by atoms with Crippen LogP contribution in [0.15, 0.2) is 30.3 Å². The van der Waals surface area contributed by atoms with Crippen LogP contribution in [-0.4, -0.2) is 51.2 Å². The Kier molecular flexibility index (Phi) is 7.25. The van der Waals surface area contributed by atoms with Crippen molar-refractivity contribution >= 4 is 29.2 Å². The Labute approximate surface area is 185 Å². The number of nitrogens with one attached hydrogen (secondary N) is 1. The van der Waals surface area contributed by atoms with Gasteiger partial charge in [-0.2, -0.15) is 0 Å². The fourth-order valence-corrected chi connectivity index (χ4v) is 4.05. The molecule has 0 saturated heterocycles. The highest BCUT2D eigenvalue weighted by atomic mass is 35.5. The number of amides is 1. The molecule has 1 amide bonds. The van der Waals surface area contributed by atoms with E-state index >= 15 is 0 Å². The Morgan fingerprint density at radius 1 is 1.10 bits per heavy atom. The van der Waals surface area contributed by atoms with E-state index in [0.29, 0.717) is 40.9 Å². The van der Waals surface area contributed by atoms with Gasteiger partial charge in [-0.15, -0.1) is 0 Å². The Morgan fingerprint density at radius 2 is 1.77 bits per heavy atom. The molecule has 8 nitrogen and oxygen atoms in total. The molecule has 0 spiro atoms. The van der Waals surface area contributed by atoms with Crippen LogP contribution in [0.4, 0.5) is 5.69 Å². The average Bonchev–Trinajstić information content (AvgIpc) is 2.74. The van der Waals surface area contributed by atoms with Crippen LogP contribution in [0.3, 0.4) is 0 Å². The van der Waals surface area contributed by atoms with E-state index in [2.05, 4.69) is 5.32 Å². The first-order chi connectivity index (χ1) is 14.9. The van der Waals surface area contributed by atoms with Gasteiger partial charge in [0.05, 0.1) is 32.9 Å². The molecule has 2 aromatic rings. The summed E-state index contributed by atoms with van der Waals surface area (Å²) in [4.78, 5) is 26.0. The fourth-order valence-electron chi connectivity index (χ4n) is 3.80. The summed E-state index contributed by atoms with van der Waals surface area (Å²) in [7, 11) is 4.58. The maximum Gasteiger partial charge on any atom is 0.238 e. The molecule has 0 aliphatic carbocycles. The summed E-state index contributed by atoms with van der Waals surface area (Å²) >= 11 is 6.11. The second-order valence-corrected chi connectivity index (χ2v) is 7.52. The van der Waals surface area contributed by atoms with Crippen molar-refractivity contribution in [3.63, 3.8) is 0 Å². The van der Waals surface area contributed by atoms with E-state index in [1.807, 2.05) is 11.0 Å². The number of hydrogen-bond donors (Lipinski definition) is 1. The molecule has 0 bridgehead atoms. The van der Waals surface area contributed by atoms with E-state index in [1.54, 1.807) is 31.4 Å². The molecule has 3 rings (SSSR count). The number of benzene rings is 2. The van der Waals surface area contributed by atoms with Gasteiger partial charge in [0.1, 0.15) is 5.75 Å². The van der Waals surface area contributed by atoms with Gasteiger partial charge in [-0.1, -0.05) is 11.6 Å². The predicted molar refractivity (Wildman–Crippen MR) is 114 cm³/mol. The highest BCUT2D eigenvalue weighted by molar-refractivity contribution is 6.32. The number of nitrogens with zero attached hydrogens (tertiary/aromatic N) is 1. The van der Waals surface area contributed by atoms with Crippen molar-refractivity contribution in [3.05, 3.63) is 46.5 Å². The number of methoxy groups -OCH3 is 3. The van der Waals surface area contributed by atoms with Crippen LogP contribution < -0.4 is 24.6 Å². The van der Waals surface area contributed by atoms with Crippen LogP contribution in [0.5, 0.6) is 17.2 Å². The zero-order chi connectivity index (χ0) is 22.5. The molecule has 1 aliphatic heterocycles. The first-order valence-electron chi connectivity index (χ1n) is 9.68. The van der Waals surface area contributed by atoms with Crippen molar-refractivity contribution in [1.29, 1.82) is 0 Å². The lowest BCUT2D eigenvalue weighted by Crippen LogP contribution is -2.43.